The van der Waals surface area contributed by atoms with Crippen LogP contribution in [0.25, 0.3) is 0 Å². The van der Waals surface area contributed by atoms with Gasteiger partial charge in [0.15, 0.2) is 0 Å². The van der Waals surface area contributed by atoms with Gasteiger partial charge in [-0.25, -0.2) is 0 Å². The summed E-state index contributed by atoms with van der Waals surface area (Å²) in [6, 6.07) is 0.282. The quantitative estimate of drug-likeness (QED) is 0.784. The van der Waals surface area contributed by atoms with Gasteiger partial charge in [-0.2, -0.15) is 0 Å². The van der Waals surface area contributed by atoms with E-state index in [0.717, 1.165) is 25.9 Å². The third-order valence-corrected chi connectivity index (χ3v) is 3.68. The van der Waals surface area contributed by atoms with Crippen LogP contribution in [-0.2, 0) is 9.53 Å². The molecule has 2 heterocycles. The van der Waals surface area contributed by atoms with Crippen LogP contribution in [0.5, 0.6) is 0 Å². The van der Waals surface area contributed by atoms with Crippen molar-refractivity contribution in [2.24, 2.45) is 0 Å². The summed E-state index contributed by atoms with van der Waals surface area (Å²) in [5, 5.41) is 3.37. The van der Waals surface area contributed by atoms with Gasteiger partial charge in [-0.1, -0.05) is 13.3 Å². The summed E-state index contributed by atoms with van der Waals surface area (Å²) in [7, 11) is 0. The molecule has 0 radical (unpaired) electrons. The molecule has 0 bridgehead atoms. The Morgan fingerprint density at radius 2 is 2.25 bits per heavy atom. The van der Waals surface area contributed by atoms with Gasteiger partial charge in [0.05, 0.1) is 24.4 Å². The number of amides is 1. The van der Waals surface area contributed by atoms with Crippen LogP contribution in [0.2, 0.25) is 0 Å². The molecule has 0 saturated carbocycles. The largest absolute Gasteiger partial charge is 0.376 e. The van der Waals surface area contributed by atoms with Gasteiger partial charge >= 0.3 is 0 Å². The van der Waals surface area contributed by atoms with Crippen LogP contribution in [0.1, 0.15) is 40.0 Å². The second-order valence-electron chi connectivity index (χ2n) is 4.86. The topological polar surface area (TPSA) is 41.6 Å². The third-order valence-electron chi connectivity index (χ3n) is 3.68. The molecule has 4 unspecified atom stereocenters. The molecule has 2 saturated heterocycles. The molecule has 2 aliphatic heterocycles. The van der Waals surface area contributed by atoms with Crippen LogP contribution >= 0.6 is 0 Å². The normalized spacial score (nSPS) is 39.7. The van der Waals surface area contributed by atoms with E-state index in [2.05, 4.69) is 26.1 Å². The van der Waals surface area contributed by atoms with E-state index in [4.69, 9.17) is 4.74 Å². The first-order valence-corrected chi connectivity index (χ1v) is 6.35. The molecule has 2 fully saturated rings. The summed E-state index contributed by atoms with van der Waals surface area (Å²) in [5.41, 5.74) is 0. The first-order chi connectivity index (χ1) is 7.65. The molecule has 4 nitrogen and oxygen atoms in total. The highest BCUT2D eigenvalue weighted by Gasteiger charge is 2.43. The lowest BCUT2D eigenvalue weighted by molar-refractivity contribution is -0.133. The first-order valence-electron chi connectivity index (χ1n) is 6.35. The van der Waals surface area contributed by atoms with Gasteiger partial charge in [-0.05, 0) is 26.7 Å². The van der Waals surface area contributed by atoms with Gasteiger partial charge in [0, 0.05) is 6.61 Å². The summed E-state index contributed by atoms with van der Waals surface area (Å²) in [5.74, 6) is 0.261. The summed E-state index contributed by atoms with van der Waals surface area (Å²) >= 11 is 0. The van der Waals surface area contributed by atoms with Crippen LogP contribution in [-0.4, -0.2) is 41.8 Å². The number of carbonyl (C=O) groups excluding carboxylic acids is 1. The number of nitrogens with zero attached hydrogens (tertiary/aromatic N) is 1. The fraction of sp³-hybridized carbons (Fsp3) is 0.917. The highest BCUT2D eigenvalue weighted by molar-refractivity contribution is 5.84. The minimum Gasteiger partial charge on any atom is -0.376 e. The van der Waals surface area contributed by atoms with Gasteiger partial charge in [-0.3, -0.25) is 10.1 Å². The smallest absolute Gasteiger partial charge is 0.241 e. The number of carbonyl (C=O) groups is 1. The zero-order valence-corrected chi connectivity index (χ0v) is 10.4. The highest BCUT2D eigenvalue weighted by atomic mass is 16.5. The van der Waals surface area contributed by atoms with Crippen LogP contribution in [0.3, 0.4) is 0 Å². The predicted octanol–water partition coefficient (Wildman–Crippen LogP) is 1.11. The minimum absolute atomic E-state index is 0.0211. The zero-order valence-electron chi connectivity index (χ0n) is 10.4. The Labute approximate surface area is 97.3 Å². The number of hydrogen-bond donors (Lipinski definition) is 1. The van der Waals surface area contributed by atoms with Gasteiger partial charge < -0.3 is 9.64 Å². The minimum atomic E-state index is 0.0211. The molecule has 2 rings (SSSR count). The van der Waals surface area contributed by atoms with Crippen molar-refractivity contribution in [3.05, 3.63) is 0 Å². The molecule has 0 aromatic rings. The lowest BCUT2D eigenvalue weighted by Crippen LogP contribution is -2.46. The summed E-state index contributed by atoms with van der Waals surface area (Å²) in [4.78, 5) is 14.2. The molecule has 92 valence electrons. The monoisotopic (exact) mass is 226 g/mol. The SMILES string of the molecule is CCCC1NC(C)N(C2CCOC2C)C1=O. The van der Waals surface area contributed by atoms with E-state index in [1.807, 2.05) is 4.90 Å². The Hall–Kier alpha value is -0.610. The number of ether oxygens (including phenoxy) is 1. The van der Waals surface area contributed by atoms with Crippen molar-refractivity contribution < 1.29 is 9.53 Å². The molecule has 1 amide bonds. The standard InChI is InChI=1S/C12H22N2O2/c1-4-5-10-12(15)14(9(3)13-10)11-6-7-16-8(11)2/h8-11,13H,4-7H2,1-3H3. The Bertz CT molecular complexity index is 270. The Kier molecular flexibility index (Phi) is 3.50. The molecule has 1 N–H and O–H groups in total. The fourth-order valence-electron chi connectivity index (χ4n) is 2.85. The zero-order chi connectivity index (χ0) is 11.7. The molecule has 4 atom stereocenters. The summed E-state index contributed by atoms with van der Waals surface area (Å²) in [6.45, 7) is 7.02. The van der Waals surface area contributed by atoms with Gasteiger partial charge in [0.25, 0.3) is 0 Å². The van der Waals surface area contributed by atoms with Crippen molar-refractivity contribution in [1.82, 2.24) is 10.2 Å². The van der Waals surface area contributed by atoms with Crippen molar-refractivity contribution >= 4 is 5.91 Å². The Morgan fingerprint density at radius 3 is 2.81 bits per heavy atom. The van der Waals surface area contributed by atoms with Crippen molar-refractivity contribution in [3.8, 4) is 0 Å². The van der Waals surface area contributed by atoms with Crippen LogP contribution < -0.4 is 5.32 Å². The maximum atomic E-state index is 12.2. The van der Waals surface area contributed by atoms with E-state index < -0.39 is 0 Å². The second-order valence-corrected chi connectivity index (χ2v) is 4.86. The van der Waals surface area contributed by atoms with Crippen molar-refractivity contribution in [3.63, 3.8) is 0 Å². The summed E-state index contributed by atoms with van der Waals surface area (Å²) < 4.78 is 5.55. The molecule has 4 heteroatoms. The van der Waals surface area contributed by atoms with E-state index in [0.29, 0.717) is 0 Å². The van der Waals surface area contributed by atoms with Crippen molar-refractivity contribution in [1.29, 1.82) is 0 Å². The summed E-state index contributed by atoms with van der Waals surface area (Å²) in [6.07, 6.45) is 3.27. The van der Waals surface area contributed by atoms with Crippen LogP contribution in [0.15, 0.2) is 0 Å². The fourth-order valence-corrected chi connectivity index (χ4v) is 2.85. The number of rotatable bonds is 3. The maximum Gasteiger partial charge on any atom is 0.241 e. The lowest BCUT2D eigenvalue weighted by atomic mass is 10.1. The van der Waals surface area contributed by atoms with E-state index in [1.165, 1.54) is 0 Å². The lowest BCUT2D eigenvalue weighted by Gasteiger charge is -2.29. The van der Waals surface area contributed by atoms with Crippen LogP contribution in [0.4, 0.5) is 0 Å². The van der Waals surface area contributed by atoms with Gasteiger partial charge in [-0.15, -0.1) is 0 Å². The van der Waals surface area contributed by atoms with Crippen molar-refractivity contribution in [2.75, 3.05) is 6.61 Å². The average Bonchev–Trinajstić information content (AvgIpc) is 2.74. The number of nitrogens with one attached hydrogen (secondary N) is 1. The predicted molar refractivity (Wildman–Crippen MR) is 62.0 cm³/mol. The van der Waals surface area contributed by atoms with E-state index in [-0.39, 0.29) is 30.3 Å². The molecule has 0 aromatic carbocycles. The van der Waals surface area contributed by atoms with Gasteiger partial charge in [0.2, 0.25) is 5.91 Å². The second kappa shape index (κ2) is 4.72. The van der Waals surface area contributed by atoms with Crippen LogP contribution in [0, 0.1) is 0 Å². The molecular formula is C12H22N2O2. The van der Waals surface area contributed by atoms with Crippen molar-refractivity contribution in [2.45, 2.75) is 64.4 Å². The number of hydrogen-bond acceptors (Lipinski definition) is 3. The van der Waals surface area contributed by atoms with Gasteiger partial charge in [0.1, 0.15) is 0 Å². The van der Waals surface area contributed by atoms with E-state index >= 15 is 0 Å². The molecule has 16 heavy (non-hydrogen) atoms. The van der Waals surface area contributed by atoms with E-state index in [9.17, 15) is 4.79 Å². The molecule has 0 aromatic heterocycles. The first kappa shape index (κ1) is 11.9. The molecular weight excluding hydrogens is 204 g/mol. The highest BCUT2D eigenvalue weighted by Crippen LogP contribution is 2.25. The Morgan fingerprint density at radius 1 is 1.50 bits per heavy atom. The Balaban J connectivity index is 2.06. The van der Waals surface area contributed by atoms with E-state index in [1.54, 1.807) is 0 Å². The maximum absolute atomic E-state index is 12.2. The third kappa shape index (κ3) is 1.96. The molecule has 0 spiro atoms. The molecule has 0 aliphatic carbocycles. The average molecular weight is 226 g/mol. The molecule has 2 aliphatic rings.